The topological polar surface area (TPSA) is 54.2 Å². The molecule has 0 unspecified atom stereocenters. The smallest absolute Gasteiger partial charge is 0.0948 e. The molecule has 1 atom stereocenters. The highest BCUT2D eigenvalue weighted by Gasteiger charge is 2.23. The predicted molar refractivity (Wildman–Crippen MR) is 71.2 cm³/mol. The maximum Gasteiger partial charge on any atom is 0.0948 e. The van der Waals surface area contributed by atoms with Gasteiger partial charge in [-0.05, 0) is 18.1 Å². The summed E-state index contributed by atoms with van der Waals surface area (Å²) in [6.07, 6.45) is 8.40. The molecule has 0 aromatic carbocycles. The zero-order chi connectivity index (χ0) is 13.1. The fourth-order valence-corrected chi connectivity index (χ4v) is 2.61. The van der Waals surface area contributed by atoms with Crippen LogP contribution in [0.3, 0.4) is 0 Å². The van der Waals surface area contributed by atoms with Crippen LogP contribution in [0.2, 0.25) is 0 Å². The lowest BCUT2D eigenvalue weighted by Crippen LogP contribution is -2.36. The van der Waals surface area contributed by atoms with Crippen molar-refractivity contribution < 1.29 is 5.11 Å². The molecule has 3 rings (SSSR count). The molecule has 19 heavy (non-hydrogen) atoms. The van der Waals surface area contributed by atoms with E-state index in [4.69, 9.17) is 0 Å². The molecule has 0 saturated heterocycles. The Balaban J connectivity index is 1.81. The molecule has 0 fully saturated rings. The van der Waals surface area contributed by atoms with E-state index >= 15 is 0 Å². The number of nitrogens with zero attached hydrogens (tertiary/aromatic N) is 4. The molecule has 1 N–H and O–H groups in total. The van der Waals surface area contributed by atoms with Crippen molar-refractivity contribution in [3.05, 3.63) is 48.3 Å². The summed E-state index contributed by atoms with van der Waals surface area (Å²) in [5, 5.41) is 9.60. The molecular formula is C14H18N4O. The summed E-state index contributed by atoms with van der Waals surface area (Å²) < 4.78 is 2.17. The quantitative estimate of drug-likeness (QED) is 0.894. The molecule has 0 amide bonds. The Morgan fingerprint density at radius 1 is 1.32 bits per heavy atom. The van der Waals surface area contributed by atoms with Crippen LogP contribution < -0.4 is 0 Å². The monoisotopic (exact) mass is 258 g/mol. The van der Waals surface area contributed by atoms with Gasteiger partial charge in [-0.3, -0.25) is 9.88 Å². The number of rotatable bonds is 3. The minimum atomic E-state index is 0.193. The molecule has 0 bridgehead atoms. The molecule has 0 saturated carbocycles. The number of aromatic nitrogens is 3. The number of pyridine rings is 1. The lowest BCUT2D eigenvalue weighted by Gasteiger charge is -2.27. The Morgan fingerprint density at radius 3 is 3.05 bits per heavy atom. The fourth-order valence-electron chi connectivity index (χ4n) is 2.61. The van der Waals surface area contributed by atoms with Gasteiger partial charge in [-0.2, -0.15) is 0 Å². The predicted octanol–water partition coefficient (Wildman–Crippen LogP) is 1.04. The van der Waals surface area contributed by atoms with E-state index in [-0.39, 0.29) is 12.6 Å². The van der Waals surface area contributed by atoms with Crippen LogP contribution in [-0.4, -0.2) is 37.2 Å². The average molecular weight is 258 g/mol. The van der Waals surface area contributed by atoms with Crippen LogP contribution in [0.5, 0.6) is 0 Å². The second kappa shape index (κ2) is 5.50. The van der Waals surface area contributed by atoms with Gasteiger partial charge in [0.05, 0.1) is 18.6 Å². The molecule has 0 radical (unpaired) electrons. The third-order valence-electron chi connectivity index (χ3n) is 3.70. The molecule has 1 aliphatic rings. The average Bonchev–Trinajstić information content (AvgIpc) is 2.81. The largest absolute Gasteiger partial charge is 0.395 e. The van der Waals surface area contributed by atoms with Crippen LogP contribution in [0, 0.1) is 0 Å². The highest BCUT2D eigenvalue weighted by molar-refractivity contribution is 5.10. The molecule has 0 spiro atoms. The van der Waals surface area contributed by atoms with Crippen LogP contribution in [0.15, 0.2) is 37.1 Å². The van der Waals surface area contributed by atoms with Crippen LogP contribution >= 0.6 is 0 Å². The number of fused-ring (bicyclic) bond motifs is 1. The Kier molecular flexibility index (Phi) is 3.57. The van der Waals surface area contributed by atoms with Crippen molar-refractivity contribution in [2.75, 3.05) is 6.61 Å². The van der Waals surface area contributed by atoms with Crippen LogP contribution in [-0.2, 0) is 19.6 Å². The van der Waals surface area contributed by atoms with E-state index in [0.29, 0.717) is 0 Å². The van der Waals surface area contributed by atoms with Gasteiger partial charge in [0.15, 0.2) is 0 Å². The zero-order valence-electron chi connectivity index (χ0n) is 10.8. The Bertz CT molecular complexity index is 525. The first-order valence-corrected chi connectivity index (χ1v) is 6.59. The number of aryl methyl sites for hydroxylation is 1. The van der Waals surface area contributed by atoms with Gasteiger partial charge < -0.3 is 9.67 Å². The van der Waals surface area contributed by atoms with E-state index in [9.17, 15) is 5.11 Å². The highest BCUT2D eigenvalue weighted by atomic mass is 16.3. The van der Waals surface area contributed by atoms with Gasteiger partial charge in [0.2, 0.25) is 0 Å². The lowest BCUT2D eigenvalue weighted by molar-refractivity contribution is 0.107. The summed E-state index contributed by atoms with van der Waals surface area (Å²) >= 11 is 0. The summed E-state index contributed by atoms with van der Waals surface area (Å²) in [7, 11) is 0. The number of aliphatic hydroxyl groups excluding tert-OH is 1. The molecule has 5 nitrogen and oxygen atoms in total. The number of hydrogen-bond donors (Lipinski definition) is 1. The van der Waals surface area contributed by atoms with Gasteiger partial charge in [0, 0.05) is 44.3 Å². The van der Waals surface area contributed by atoms with Crippen LogP contribution in [0.25, 0.3) is 0 Å². The van der Waals surface area contributed by atoms with Crippen molar-refractivity contribution in [3.8, 4) is 0 Å². The van der Waals surface area contributed by atoms with Gasteiger partial charge in [0.25, 0.3) is 0 Å². The third-order valence-corrected chi connectivity index (χ3v) is 3.70. The number of aliphatic hydroxyl groups is 1. The van der Waals surface area contributed by atoms with Gasteiger partial charge in [0.1, 0.15) is 0 Å². The first-order chi connectivity index (χ1) is 9.36. The normalized spacial score (nSPS) is 19.9. The van der Waals surface area contributed by atoms with E-state index in [2.05, 4.69) is 25.5 Å². The minimum Gasteiger partial charge on any atom is -0.395 e. The summed E-state index contributed by atoms with van der Waals surface area (Å²) in [4.78, 5) is 10.7. The Hall–Kier alpha value is -1.72. The first-order valence-electron chi connectivity index (χ1n) is 6.59. The number of hydrogen-bond acceptors (Lipinski definition) is 4. The van der Waals surface area contributed by atoms with E-state index in [1.807, 2.05) is 24.8 Å². The van der Waals surface area contributed by atoms with E-state index in [1.165, 1.54) is 11.3 Å². The summed E-state index contributed by atoms with van der Waals surface area (Å²) in [6, 6.07) is 4.22. The van der Waals surface area contributed by atoms with Crippen molar-refractivity contribution in [2.24, 2.45) is 0 Å². The van der Waals surface area contributed by atoms with Crippen molar-refractivity contribution in [3.63, 3.8) is 0 Å². The van der Waals surface area contributed by atoms with E-state index < -0.39 is 0 Å². The molecule has 2 aromatic heterocycles. The summed E-state index contributed by atoms with van der Waals surface area (Å²) in [5.41, 5.74) is 2.38. The third kappa shape index (κ3) is 2.67. The van der Waals surface area contributed by atoms with Gasteiger partial charge in [-0.25, -0.2) is 4.98 Å². The molecule has 2 aromatic rings. The van der Waals surface area contributed by atoms with Crippen molar-refractivity contribution in [1.29, 1.82) is 0 Å². The zero-order valence-corrected chi connectivity index (χ0v) is 10.8. The maximum absolute atomic E-state index is 9.60. The molecule has 5 heteroatoms. The van der Waals surface area contributed by atoms with Crippen LogP contribution in [0.1, 0.15) is 17.7 Å². The maximum atomic E-state index is 9.60. The second-order valence-electron chi connectivity index (χ2n) is 4.97. The highest BCUT2D eigenvalue weighted by Crippen LogP contribution is 2.19. The van der Waals surface area contributed by atoms with Crippen molar-refractivity contribution >= 4 is 0 Å². The van der Waals surface area contributed by atoms with Crippen molar-refractivity contribution in [2.45, 2.75) is 32.1 Å². The van der Waals surface area contributed by atoms with Crippen molar-refractivity contribution in [1.82, 2.24) is 19.4 Å². The van der Waals surface area contributed by atoms with Gasteiger partial charge >= 0.3 is 0 Å². The summed E-state index contributed by atoms with van der Waals surface area (Å²) in [5.74, 6) is 0. The molecular weight excluding hydrogens is 240 g/mol. The SMILES string of the molecule is OC[C@H]1CCn2cncc2CN1Cc1cccnc1. The lowest BCUT2D eigenvalue weighted by atomic mass is 10.1. The molecule has 1 aliphatic heterocycles. The Morgan fingerprint density at radius 2 is 2.26 bits per heavy atom. The number of imidazole rings is 1. The second-order valence-corrected chi connectivity index (χ2v) is 4.97. The summed E-state index contributed by atoms with van der Waals surface area (Å²) in [6.45, 7) is 2.74. The minimum absolute atomic E-state index is 0.193. The molecule has 3 heterocycles. The van der Waals surface area contributed by atoms with E-state index in [1.54, 1.807) is 6.20 Å². The first kappa shape index (κ1) is 12.3. The Labute approximate surface area is 112 Å². The molecule has 0 aliphatic carbocycles. The van der Waals surface area contributed by atoms with Crippen LogP contribution in [0.4, 0.5) is 0 Å². The van der Waals surface area contributed by atoms with E-state index in [0.717, 1.165) is 26.1 Å². The van der Waals surface area contributed by atoms with Gasteiger partial charge in [-0.1, -0.05) is 6.07 Å². The standard InChI is InChI=1S/C14H18N4O/c19-10-13-3-5-17-11-16-7-14(17)9-18(13)8-12-2-1-4-15-6-12/h1-2,4,6-7,11,13,19H,3,5,8-10H2/t13-/m1/s1. The van der Waals surface area contributed by atoms with Gasteiger partial charge in [-0.15, -0.1) is 0 Å². The molecule has 100 valence electrons. The fraction of sp³-hybridized carbons (Fsp3) is 0.429.